The predicted molar refractivity (Wildman–Crippen MR) is 385 cm³/mol. The zero-order valence-electron chi connectivity index (χ0n) is 57.9. The summed E-state index contributed by atoms with van der Waals surface area (Å²) in [6.07, 6.45) is 16.9. The lowest BCUT2D eigenvalue weighted by Crippen LogP contribution is -2.82. The molecule has 17 aliphatic rings. The number of nitrogens with one attached hydrogen (secondary N) is 2. The number of phenolic OH excluding ortho intramolecular Hbond substituents is 1. The lowest BCUT2D eigenvalue weighted by atomic mass is 9.37. The highest BCUT2D eigenvalue weighted by Gasteiger charge is 2.91. The highest BCUT2D eigenvalue weighted by Crippen LogP contribution is 2.88. The summed E-state index contributed by atoms with van der Waals surface area (Å²) in [5, 5.41) is 93.0. The van der Waals surface area contributed by atoms with E-state index in [0.29, 0.717) is 71.7 Å². The van der Waals surface area contributed by atoms with Crippen LogP contribution in [0, 0.1) is 92.2 Å². The standard InChI is InChI=1S/C85H100N2O11S2/c1-86-66-42-100-99-41-60-55-16-12-50-34-52-22-26-81-73(90)58(66)36-57-63-38-82(77(92)85(94)84(63,93)75(97-74(57)81)72(98-85)76(91)96-71-65(39-88)87-64-19-13-49-33-47-9-2-3-10-48(47)35-56(49)69(64)71)79(23-4-5-24-79)37-53-14-17-61-51(21-25-78(61)27-28-80(53,82)43-78)40-95-54-15-11-46(31-54)30-44-7-6-8-45(29-44)32-59-67(89)20-18-62(68(59)60)83(52,81)70(50)55/h2-3,6-10,13,18-20,29,33,35,46,50-55,57-58,60-61,63,66,70,72-75,77,86-90,92-94H,4-5,11-12,14-17,21-28,30-32,34,36-43H2,1H3. The van der Waals surface area contributed by atoms with Crippen molar-refractivity contribution >= 4 is 60.0 Å². The van der Waals surface area contributed by atoms with E-state index in [2.05, 4.69) is 71.9 Å². The number of carbonyl (C=O) groups excluding carboxylic acids is 1. The van der Waals surface area contributed by atoms with E-state index in [1.807, 2.05) is 51.9 Å². The fourth-order valence-corrected chi connectivity index (χ4v) is 33.8. The van der Waals surface area contributed by atoms with Crippen molar-refractivity contribution in [1.82, 2.24) is 10.3 Å². The van der Waals surface area contributed by atoms with Crippen molar-refractivity contribution in [2.45, 2.75) is 226 Å². The van der Waals surface area contributed by atoms with Crippen molar-refractivity contribution in [3.05, 3.63) is 118 Å². The number of hydrogen-bond donors (Lipinski definition) is 8. The van der Waals surface area contributed by atoms with Crippen LogP contribution in [0.3, 0.4) is 0 Å². The van der Waals surface area contributed by atoms with Crippen molar-refractivity contribution in [1.29, 1.82) is 0 Å². The van der Waals surface area contributed by atoms with E-state index in [-0.39, 0.29) is 64.2 Å². The molecule has 6 heterocycles. The van der Waals surface area contributed by atoms with E-state index < -0.39 is 88.0 Å². The van der Waals surface area contributed by atoms with E-state index in [1.165, 1.54) is 22.3 Å². The maximum Gasteiger partial charge on any atom is 0.343 e. The van der Waals surface area contributed by atoms with Crippen molar-refractivity contribution in [3.8, 4) is 11.5 Å². The second kappa shape index (κ2) is 21.7. The van der Waals surface area contributed by atoms with Gasteiger partial charge in [0.05, 0.1) is 48.1 Å². The minimum absolute atomic E-state index is 0.0501. The van der Waals surface area contributed by atoms with Gasteiger partial charge in [-0.1, -0.05) is 95.1 Å². The number of ether oxygens (including phenoxy) is 4. The molecule has 6 aromatic rings. The van der Waals surface area contributed by atoms with Crippen LogP contribution in [0.25, 0.3) is 32.4 Å². The molecule has 6 spiro atoms. The molecular weight excluding hydrogens is 1290 g/mol. The SMILES string of the molecule is CNC1CSSCC2c3c4ccc(O)c3Cc3cccc(c3)CC3CCC(C3)OCC3CCC56CCC7(C5)C(CCC36)CC3(CCCC3)C73CC5C6CC1C(O)C1(CCC7CC8CCC2C8C471)C6OC1C(C(=O)Oc2c(CO)[nH]c4ccc6cc7ccccc7cc6c24)OC(O)(C3O)C51O. The third-order valence-corrected chi connectivity index (χ3v) is 36.5. The Kier molecular flexibility index (Phi) is 13.7. The van der Waals surface area contributed by atoms with E-state index >= 15 is 20.1 Å². The third-order valence-electron chi connectivity index (χ3n) is 34.1. The number of benzene rings is 5. The quantitative estimate of drug-likeness (QED) is 0.0470. The zero-order valence-corrected chi connectivity index (χ0v) is 59.5. The number of H-pyrrole nitrogens is 1. The van der Waals surface area contributed by atoms with Crippen LogP contribution in [0.4, 0.5) is 0 Å². The monoisotopic (exact) mass is 1390 g/mol. The lowest BCUT2D eigenvalue weighted by molar-refractivity contribution is -0.410. The maximum atomic E-state index is 16.7. The van der Waals surface area contributed by atoms with Gasteiger partial charge in [-0.2, -0.15) is 0 Å². The molecule has 1 aromatic heterocycles. The first kappa shape index (κ1) is 63.1. The highest BCUT2D eigenvalue weighted by molar-refractivity contribution is 8.76. The molecule has 14 fully saturated rings. The third kappa shape index (κ3) is 7.65. The van der Waals surface area contributed by atoms with E-state index in [0.717, 1.165) is 174 Å². The molecule has 0 amide bonds. The molecule has 3 saturated heterocycles. The number of rotatable bonds is 4. The largest absolute Gasteiger partial charge is 0.508 e. The Labute approximate surface area is 594 Å². The van der Waals surface area contributed by atoms with Crippen LogP contribution in [0.2, 0.25) is 0 Å². The molecule has 23 rings (SSSR count). The first-order valence-electron chi connectivity index (χ1n) is 39.5. The Morgan fingerprint density at radius 2 is 1.60 bits per heavy atom. The molecule has 15 heteroatoms. The number of aromatic amines is 1. The smallest absolute Gasteiger partial charge is 0.343 e. The predicted octanol–water partition coefficient (Wildman–Crippen LogP) is 13.9. The van der Waals surface area contributed by atoms with Crippen LogP contribution < -0.4 is 10.1 Å². The fraction of sp³-hybridized carbons (Fsp3) is 0.659. The molecule has 528 valence electrons. The number of aliphatic hydroxyl groups excluding tert-OH is 3. The van der Waals surface area contributed by atoms with Gasteiger partial charge in [0, 0.05) is 57.6 Å². The number of fused-ring (bicyclic) bond motifs is 12. The summed E-state index contributed by atoms with van der Waals surface area (Å²) in [6, 6.07) is 30.0. The number of carbonyl (C=O) groups is 1. The van der Waals surface area contributed by atoms with Gasteiger partial charge in [0.2, 0.25) is 5.79 Å². The molecule has 8 N–H and O–H groups in total. The second-order valence-electron chi connectivity index (χ2n) is 36.6. The Balaban J connectivity index is 0.788. The summed E-state index contributed by atoms with van der Waals surface area (Å²) in [6.45, 7) is 0.328. The maximum absolute atomic E-state index is 16.7. The van der Waals surface area contributed by atoms with E-state index in [9.17, 15) is 15.3 Å². The summed E-state index contributed by atoms with van der Waals surface area (Å²) in [7, 11) is 5.97. The van der Waals surface area contributed by atoms with E-state index in [1.54, 1.807) is 0 Å². The van der Waals surface area contributed by atoms with Gasteiger partial charge in [0.15, 0.2) is 17.5 Å². The van der Waals surface area contributed by atoms with Gasteiger partial charge < -0.3 is 59.9 Å². The van der Waals surface area contributed by atoms with Crippen LogP contribution in [0.1, 0.15) is 181 Å². The van der Waals surface area contributed by atoms with Gasteiger partial charge in [-0.25, -0.2) is 4.79 Å². The molecule has 0 radical (unpaired) electrons. The fourth-order valence-electron chi connectivity index (χ4n) is 31.1. The molecule has 19 bridgehead atoms. The average Bonchev–Trinajstić information content (AvgIpc) is 1.43. The number of aliphatic hydroxyl groups is 5. The van der Waals surface area contributed by atoms with Gasteiger partial charge >= 0.3 is 5.97 Å². The number of aromatic hydroxyl groups is 1. The Bertz CT molecular complexity index is 4400. The number of aromatic nitrogens is 1. The van der Waals surface area contributed by atoms with E-state index in [4.69, 9.17) is 18.9 Å². The average molecular weight is 1390 g/mol. The van der Waals surface area contributed by atoms with Gasteiger partial charge in [-0.15, -0.1) is 0 Å². The highest BCUT2D eigenvalue weighted by atomic mass is 33.1. The minimum atomic E-state index is -2.69. The number of esters is 1. The molecule has 100 heavy (non-hydrogen) atoms. The number of phenols is 1. The first-order chi connectivity index (χ1) is 48.6. The summed E-state index contributed by atoms with van der Waals surface area (Å²) in [5.74, 6) is 0.191. The van der Waals surface area contributed by atoms with Crippen molar-refractivity contribution < 1.29 is 54.4 Å². The van der Waals surface area contributed by atoms with Crippen molar-refractivity contribution in [2.24, 2.45) is 92.2 Å². The van der Waals surface area contributed by atoms with Gasteiger partial charge in [-0.3, -0.25) is 0 Å². The van der Waals surface area contributed by atoms with Gasteiger partial charge in [-0.05, 0) is 285 Å². The Hall–Kier alpha value is -4.23. The molecule has 26 atom stereocenters. The Morgan fingerprint density at radius 1 is 0.750 bits per heavy atom. The minimum Gasteiger partial charge on any atom is -0.508 e. The summed E-state index contributed by atoms with van der Waals surface area (Å²) in [5.41, 5.74) is 1.57. The normalized spacial score (nSPS) is 47.0. The van der Waals surface area contributed by atoms with Crippen LogP contribution in [0.5, 0.6) is 11.5 Å². The van der Waals surface area contributed by atoms with Gasteiger partial charge in [0.1, 0.15) is 18.0 Å². The molecular formula is C85H100N2O11S2. The second-order valence-corrected chi connectivity index (χ2v) is 39.1. The topological polar surface area (TPSA) is 203 Å². The van der Waals surface area contributed by atoms with Crippen LogP contribution in [-0.4, -0.2) is 121 Å². The van der Waals surface area contributed by atoms with Crippen LogP contribution in [-0.2, 0) is 43.9 Å². The molecule has 12 aliphatic carbocycles. The zero-order chi connectivity index (χ0) is 67.0. The van der Waals surface area contributed by atoms with Crippen molar-refractivity contribution in [3.63, 3.8) is 0 Å². The van der Waals surface area contributed by atoms with Crippen LogP contribution in [0.15, 0.2) is 84.9 Å². The molecule has 5 aromatic carbocycles. The Morgan fingerprint density at radius 3 is 2.46 bits per heavy atom. The number of hydrogen-bond acceptors (Lipinski definition) is 14. The van der Waals surface area contributed by atoms with Crippen molar-refractivity contribution in [2.75, 3.05) is 25.2 Å². The van der Waals surface area contributed by atoms with Gasteiger partial charge in [0.25, 0.3) is 0 Å². The summed E-state index contributed by atoms with van der Waals surface area (Å²) < 4.78 is 30.0. The molecule has 11 saturated carbocycles. The van der Waals surface area contributed by atoms with Crippen LogP contribution >= 0.6 is 21.6 Å². The first-order valence-corrected chi connectivity index (χ1v) is 42.0. The molecule has 26 unspecified atom stereocenters. The summed E-state index contributed by atoms with van der Waals surface area (Å²) in [4.78, 5) is 20.1. The summed E-state index contributed by atoms with van der Waals surface area (Å²) >= 11 is 0. The lowest BCUT2D eigenvalue weighted by Gasteiger charge is -2.72. The molecule has 13 nitrogen and oxygen atoms in total. The molecule has 5 aliphatic heterocycles.